The van der Waals surface area contributed by atoms with Gasteiger partial charge in [0.25, 0.3) is 5.91 Å². The highest BCUT2D eigenvalue weighted by Crippen LogP contribution is 2.41. The van der Waals surface area contributed by atoms with Gasteiger partial charge < -0.3 is 10.2 Å². The van der Waals surface area contributed by atoms with Crippen molar-refractivity contribution in [2.45, 2.75) is 65.4 Å². The minimum absolute atomic E-state index is 0.0210. The third-order valence-corrected chi connectivity index (χ3v) is 6.41. The van der Waals surface area contributed by atoms with Gasteiger partial charge in [0.15, 0.2) is 0 Å². The summed E-state index contributed by atoms with van der Waals surface area (Å²) >= 11 is 1.70. The minimum atomic E-state index is -0.421. The van der Waals surface area contributed by atoms with Crippen molar-refractivity contribution in [2.24, 2.45) is 5.41 Å². The predicted octanol–water partition coefficient (Wildman–Crippen LogP) is 3.84. The zero-order chi connectivity index (χ0) is 18.8. The molecule has 1 aromatic carbocycles. The molecule has 3 atom stereocenters. The smallest absolute Gasteiger partial charge is 0.255 e. The lowest BCUT2D eigenvalue weighted by molar-refractivity contribution is -0.125. The second-order valence-corrected chi connectivity index (χ2v) is 9.03. The van der Waals surface area contributed by atoms with Crippen LogP contribution in [0.25, 0.3) is 0 Å². The van der Waals surface area contributed by atoms with E-state index >= 15 is 0 Å². The molecule has 1 aliphatic rings. The Morgan fingerprint density at radius 1 is 1.32 bits per heavy atom. The molecule has 138 valence electrons. The van der Waals surface area contributed by atoms with E-state index in [4.69, 9.17) is 0 Å². The van der Waals surface area contributed by atoms with Gasteiger partial charge in [0.2, 0.25) is 5.91 Å². The van der Waals surface area contributed by atoms with E-state index in [1.165, 1.54) is 0 Å². The van der Waals surface area contributed by atoms with Gasteiger partial charge in [-0.3, -0.25) is 9.59 Å². The number of carbonyl (C=O) groups excluding carboxylic acids is 2. The van der Waals surface area contributed by atoms with E-state index in [0.717, 1.165) is 12.0 Å². The van der Waals surface area contributed by atoms with Crippen molar-refractivity contribution in [3.8, 4) is 0 Å². The van der Waals surface area contributed by atoms with Crippen molar-refractivity contribution in [3.05, 3.63) is 35.4 Å². The Labute approximate surface area is 155 Å². The number of nitrogens with zero attached hydrogens (tertiary/aromatic N) is 1. The topological polar surface area (TPSA) is 49.4 Å². The number of amides is 2. The first-order valence-electron chi connectivity index (χ1n) is 8.97. The third kappa shape index (κ3) is 4.38. The molecule has 1 aliphatic heterocycles. The summed E-state index contributed by atoms with van der Waals surface area (Å²) in [5.74, 6) is 0.546. The molecule has 1 fully saturated rings. The highest BCUT2D eigenvalue weighted by atomic mass is 32.2. The Kier molecular flexibility index (Phi) is 6.20. The quantitative estimate of drug-likeness (QED) is 0.885. The van der Waals surface area contributed by atoms with E-state index < -0.39 is 6.04 Å². The number of carbonyl (C=O) groups is 2. The molecule has 1 heterocycles. The summed E-state index contributed by atoms with van der Waals surface area (Å²) in [6.45, 7) is 12.3. The van der Waals surface area contributed by atoms with Crippen molar-refractivity contribution in [1.82, 2.24) is 10.2 Å². The van der Waals surface area contributed by atoms with E-state index in [0.29, 0.717) is 11.3 Å². The highest BCUT2D eigenvalue weighted by Gasteiger charge is 2.46. The molecular weight excluding hydrogens is 332 g/mol. The minimum Gasteiger partial charge on any atom is -0.352 e. The van der Waals surface area contributed by atoms with Crippen LogP contribution in [0.1, 0.15) is 57.0 Å². The van der Waals surface area contributed by atoms with Crippen molar-refractivity contribution in [1.29, 1.82) is 0 Å². The Balaban J connectivity index is 2.36. The molecule has 2 amide bonds. The average molecular weight is 363 g/mol. The fraction of sp³-hybridized carbons (Fsp3) is 0.600. The molecule has 2 rings (SSSR count). The van der Waals surface area contributed by atoms with Gasteiger partial charge in [0, 0.05) is 17.4 Å². The summed E-state index contributed by atoms with van der Waals surface area (Å²) < 4.78 is 0. The summed E-state index contributed by atoms with van der Waals surface area (Å²) in [6.07, 6.45) is 0.875. The lowest BCUT2D eigenvalue weighted by Crippen LogP contribution is -2.53. The first kappa shape index (κ1) is 19.8. The number of rotatable bonds is 4. The number of hydrogen-bond donors (Lipinski definition) is 1. The SMILES string of the molecule is CC[C@@H](C)NC(=O)[C@@H]1CS[C@H](C(C)(C)C)N1C(=O)c1ccccc1C. The molecule has 0 aromatic heterocycles. The third-order valence-electron chi connectivity index (χ3n) is 4.65. The fourth-order valence-electron chi connectivity index (χ4n) is 3.02. The Morgan fingerprint density at radius 2 is 1.96 bits per heavy atom. The van der Waals surface area contributed by atoms with Crippen molar-refractivity contribution >= 4 is 23.6 Å². The molecule has 0 bridgehead atoms. The number of hydrogen-bond acceptors (Lipinski definition) is 3. The molecular formula is C20H30N2O2S. The summed E-state index contributed by atoms with van der Waals surface area (Å²) in [4.78, 5) is 27.9. The maximum atomic E-state index is 13.3. The van der Waals surface area contributed by atoms with Crippen LogP contribution in [-0.2, 0) is 4.79 Å². The lowest BCUT2D eigenvalue weighted by atomic mass is 9.94. The zero-order valence-electron chi connectivity index (χ0n) is 16.1. The van der Waals surface area contributed by atoms with E-state index in [2.05, 4.69) is 26.1 Å². The van der Waals surface area contributed by atoms with Crippen LogP contribution in [0.15, 0.2) is 24.3 Å². The first-order chi connectivity index (χ1) is 11.7. The molecule has 0 saturated carbocycles. The van der Waals surface area contributed by atoms with Gasteiger partial charge >= 0.3 is 0 Å². The van der Waals surface area contributed by atoms with Crippen LogP contribution in [0.2, 0.25) is 0 Å². The summed E-state index contributed by atoms with van der Waals surface area (Å²) in [5, 5.41) is 3.03. The Bertz CT molecular complexity index is 639. The van der Waals surface area contributed by atoms with Crippen LogP contribution in [0.5, 0.6) is 0 Å². The second kappa shape index (κ2) is 7.81. The zero-order valence-corrected chi connectivity index (χ0v) is 16.9. The Hall–Kier alpha value is -1.49. The number of benzene rings is 1. The average Bonchev–Trinajstić information content (AvgIpc) is 2.99. The molecule has 0 unspecified atom stereocenters. The maximum absolute atomic E-state index is 13.3. The summed E-state index contributed by atoms with van der Waals surface area (Å²) in [7, 11) is 0. The summed E-state index contributed by atoms with van der Waals surface area (Å²) in [5.41, 5.74) is 1.52. The number of nitrogens with one attached hydrogen (secondary N) is 1. The molecule has 5 heteroatoms. The van der Waals surface area contributed by atoms with Crippen molar-refractivity contribution < 1.29 is 9.59 Å². The standard InChI is InChI=1S/C20H30N2O2S/c1-7-14(3)21-17(23)16-12-25-19(20(4,5)6)22(16)18(24)15-11-9-8-10-13(15)2/h8-11,14,16,19H,7,12H2,1-6H3,(H,21,23)/t14-,16+,19-/m1/s1. The number of thioether (sulfide) groups is 1. The largest absolute Gasteiger partial charge is 0.352 e. The van der Waals surface area contributed by atoms with Crippen molar-refractivity contribution in [2.75, 3.05) is 5.75 Å². The molecule has 0 aliphatic carbocycles. The van der Waals surface area contributed by atoms with Crippen molar-refractivity contribution in [3.63, 3.8) is 0 Å². The molecule has 25 heavy (non-hydrogen) atoms. The van der Waals surface area contributed by atoms with E-state index in [1.807, 2.05) is 49.9 Å². The van der Waals surface area contributed by atoms with Crippen LogP contribution < -0.4 is 5.32 Å². The van der Waals surface area contributed by atoms with E-state index in [-0.39, 0.29) is 28.6 Å². The van der Waals surface area contributed by atoms with E-state index in [9.17, 15) is 9.59 Å². The van der Waals surface area contributed by atoms with Gasteiger partial charge in [-0.2, -0.15) is 0 Å². The fourth-order valence-corrected chi connectivity index (χ4v) is 4.60. The van der Waals surface area contributed by atoms with Gasteiger partial charge in [-0.1, -0.05) is 45.9 Å². The molecule has 1 saturated heterocycles. The van der Waals surface area contributed by atoms with Crippen LogP contribution in [0.4, 0.5) is 0 Å². The first-order valence-corrected chi connectivity index (χ1v) is 10.0. The molecule has 1 N–H and O–H groups in total. The summed E-state index contributed by atoms with van der Waals surface area (Å²) in [6, 6.07) is 7.29. The van der Waals surface area contributed by atoms with E-state index in [1.54, 1.807) is 11.8 Å². The van der Waals surface area contributed by atoms with Gasteiger partial charge in [-0.25, -0.2) is 0 Å². The van der Waals surface area contributed by atoms with Gasteiger partial charge in [-0.15, -0.1) is 11.8 Å². The molecule has 4 nitrogen and oxygen atoms in total. The van der Waals surface area contributed by atoms with Gasteiger partial charge in [0.05, 0.1) is 5.37 Å². The molecule has 0 spiro atoms. The highest BCUT2D eigenvalue weighted by molar-refractivity contribution is 8.00. The van der Waals surface area contributed by atoms with Crippen LogP contribution in [0.3, 0.4) is 0 Å². The normalized spacial score (nSPS) is 21.9. The van der Waals surface area contributed by atoms with Crippen LogP contribution in [-0.4, -0.2) is 39.9 Å². The lowest BCUT2D eigenvalue weighted by Gasteiger charge is -2.37. The Morgan fingerprint density at radius 3 is 2.52 bits per heavy atom. The van der Waals surface area contributed by atoms with Crippen LogP contribution >= 0.6 is 11.8 Å². The second-order valence-electron chi connectivity index (χ2n) is 7.91. The predicted molar refractivity (Wildman–Crippen MR) is 105 cm³/mol. The van der Waals surface area contributed by atoms with Crippen LogP contribution in [0, 0.1) is 12.3 Å². The van der Waals surface area contributed by atoms with Gasteiger partial charge in [-0.05, 0) is 37.3 Å². The molecule has 0 radical (unpaired) electrons. The molecule has 1 aromatic rings. The number of aryl methyl sites for hydroxylation is 1. The monoisotopic (exact) mass is 362 g/mol. The maximum Gasteiger partial charge on any atom is 0.255 e. The van der Waals surface area contributed by atoms with Gasteiger partial charge in [0.1, 0.15) is 6.04 Å².